The molecule has 3 nitrogen and oxygen atoms in total. The number of ether oxygens (including phenoxy) is 1. The van der Waals surface area contributed by atoms with E-state index in [9.17, 15) is 0 Å². The van der Waals surface area contributed by atoms with Gasteiger partial charge in [-0.1, -0.05) is 19.9 Å². The molecule has 0 aliphatic heterocycles. The van der Waals surface area contributed by atoms with Crippen molar-refractivity contribution < 1.29 is 4.74 Å². The third kappa shape index (κ3) is 4.62. The van der Waals surface area contributed by atoms with Gasteiger partial charge in [0.05, 0.1) is 5.69 Å². The Labute approximate surface area is 125 Å². The number of benzene rings is 1. The second-order valence-corrected chi connectivity index (χ2v) is 6.32. The predicted octanol–water partition coefficient (Wildman–Crippen LogP) is 3.84. The summed E-state index contributed by atoms with van der Waals surface area (Å²) in [5, 5.41) is 6.48. The lowest BCUT2D eigenvalue weighted by atomic mass is 10.1. The number of nitrogens with zero attached hydrogens (tertiary/aromatic N) is 1. The lowest BCUT2D eigenvalue weighted by molar-refractivity contribution is 0.305. The zero-order valence-electron chi connectivity index (χ0n) is 12.6. The molecule has 1 heterocycles. The van der Waals surface area contributed by atoms with Crippen molar-refractivity contribution in [3.05, 3.63) is 45.4 Å². The van der Waals surface area contributed by atoms with Crippen molar-refractivity contribution in [3.8, 4) is 5.75 Å². The summed E-state index contributed by atoms with van der Waals surface area (Å²) in [6, 6.07) is 6.74. The molecule has 0 aliphatic carbocycles. The predicted molar refractivity (Wildman–Crippen MR) is 84.3 cm³/mol. The minimum atomic E-state index is 0.478. The number of nitrogens with one attached hydrogen (secondary N) is 1. The molecular formula is C16H22N2OS. The molecular weight excluding hydrogens is 268 g/mol. The first kappa shape index (κ1) is 15.0. The number of aryl methyl sites for hydroxylation is 2. The molecule has 0 spiro atoms. The van der Waals surface area contributed by atoms with Crippen LogP contribution < -0.4 is 10.1 Å². The van der Waals surface area contributed by atoms with Crippen LogP contribution in [0.5, 0.6) is 5.75 Å². The second kappa shape index (κ2) is 6.86. The second-order valence-electron chi connectivity index (χ2n) is 5.38. The van der Waals surface area contributed by atoms with E-state index in [4.69, 9.17) is 4.74 Å². The van der Waals surface area contributed by atoms with E-state index in [0.29, 0.717) is 12.6 Å². The Morgan fingerprint density at radius 3 is 2.55 bits per heavy atom. The van der Waals surface area contributed by atoms with Gasteiger partial charge in [0.15, 0.2) is 0 Å². The Bertz CT molecular complexity index is 543. The Morgan fingerprint density at radius 1 is 1.20 bits per heavy atom. The van der Waals surface area contributed by atoms with Gasteiger partial charge >= 0.3 is 0 Å². The molecule has 0 radical (unpaired) electrons. The number of thiazole rings is 1. The Kier molecular flexibility index (Phi) is 5.15. The molecule has 1 aromatic carbocycles. The smallest absolute Gasteiger partial charge is 0.140 e. The van der Waals surface area contributed by atoms with Gasteiger partial charge < -0.3 is 10.1 Å². The van der Waals surface area contributed by atoms with E-state index in [1.165, 1.54) is 11.1 Å². The zero-order chi connectivity index (χ0) is 14.5. The molecule has 2 aromatic rings. The molecule has 0 unspecified atom stereocenters. The van der Waals surface area contributed by atoms with Gasteiger partial charge in [-0.25, -0.2) is 4.98 Å². The summed E-state index contributed by atoms with van der Waals surface area (Å²) in [5.74, 6) is 0.916. The average Bonchev–Trinajstić information content (AvgIpc) is 2.81. The highest BCUT2D eigenvalue weighted by Crippen LogP contribution is 2.19. The largest absolute Gasteiger partial charge is 0.486 e. The van der Waals surface area contributed by atoms with Gasteiger partial charge in [-0.05, 0) is 37.1 Å². The average molecular weight is 290 g/mol. The van der Waals surface area contributed by atoms with Crippen LogP contribution in [0.25, 0.3) is 0 Å². The van der Waals surface area contributed by atoms with Crippen LogP contribution in [-0.2, 0) is 13.2 Å². The van der Waals surface area contributed by atoms with Gasteiger partial charge in [0.25, 0.3) is 0 Å². The first-order chi connectivity index (χ1) is 9.52. The first-order valence-electron chi connectivity index (χ1n) is 6.90. The number of aromatic nitrogens is 1. The first-order valence-corrected chi connectivity index (χ1v) is 7.78. The summed E-state index contributed by atoms with van der Waals surface area (Å²) in [6.45, 7) is 9.79. The summed E-state index contributed by atoms with van der Waals surface area (Å²) in [6.07, 6.45) is 0. The molecule has 108 valence electrons. The molecule has 0 saturated carbocycles. The summed E-state index contributed by atoms with van der Waals surface area (Å²) in [4.78, 5) is 4.57. The summed E-state index contributed by atoms with van der Waals surface area (Å²) >= 11 is 1.65. The summed E-state index contributed by atoms with van der Waals surface area (Å²) in [5.41, 5.74) is 3.53. The van der Waals surface area contributed by atoms with Crippen LogP contribution in [0.15, 0.2) is 23.6 Å². The normalized spacial score (nSPS) is 11.1. The van der Waals surface area contributed by atoms with Crippen LogP contribution in [-0.4, -0.2) is 11.0 Å². The third-order valence-electron chi connectivity index (χ3n) is 2.85. The molecule has 20 heavy (non-hydrogen) atoms. The molecule has 2 rings (SSSR count). The van der Waals surface area contributed by atoms with E-state index in [2.05, 4.69) is 61.6 Å². The molecule has 0 aliphatic rings. The number of rotatable bonds is 6. The fourth-order valence-electron chi connectivity index (χ4n) is 1.97. The van der Waals surface area contributed by atoms with Gasteiger partial charge in [-0.2, -0.15) is 0 Å². The maximum atomic E-state index is 5.82. The third-order valence-corrected chi connectivity index (χ3v) is 3.72. The van der Waals surface area contributed by atoms with Crippen LogP contribution in [0.1, 0.15) is 35.7 Å². The molecule has 1 N–H and O–H groups in total. The van der Waals surface area contributed by atoms with Gasteiger partial charge in [-0.3, -0.25) is 0 Å². The van der Waals surface area contributed by atoms with E-state index in [-0.39, 0.29) is 0 Å². The molecule has 0 saturated heterocycles. The molecule has 1 aromatic heterocycles. The van der Waals surface area contributed by atoms with Crippen LogP contribution in [0.2, 0.25) is 0 Å². The maximum absolute atomic E-state index is 5.82. The fraction of sp³-hybridized carbons (Fsp3) is 0.438. The number of hydrogen-bond donors (Lipinski definition) is 1. The molecule has 4 heteroatoms. The van der Waals surface area contributed by atoms with E-state index in [1.54, 1.807) is 11.3 Å². The van der Waals surface area contributed by atoms with Crippen molar-refractivity contribution in [1.82, 2.24) is 10.3 Å². The number of hydrogen-bond acceptors (Lipinski definition) is 4. The van der Waals surface area contributed by atoms with Crippen molar-refractivity contribution in [3.63, 3.8) is 0 Å². The monoisotopic (exact) mass is 290 g/mol. The lowest BCUT2D eigenvalue weighted by Gasteiger charge is -2.07. The fourth-order valence-corrected chi connectivity index (χ4v) is 2.67. The van der Waals surface area contributed by atoms with Gasteiger partial charge in [0.2, 0.25) is 0 Å². The highest BCUT2D eigenvalue weighted by molar-refractivity contribution is 7.09. The van der Waals surface area contributed by atoms with Crippen LogP contribution in [0, 0.1) is 13.8 Å². The minimum absolute atomic E-state index is 0.478. The standard InChI is InChI=1S/C16H22N2OS/c1-11(2)17-8-14-10-20-16(18-14)9-19-15-6-12(3)5-13(4)7-15/h5-7,10-11,17H,8-9H2,1-4H3. The lowest BCUT2D eigenvalue weighted by Crippen LogP contribution is -2.21. The van der Waals surface area contributed by atoms with Crippen molar-refractivity contribution in [2.24, 2.45) is 0 Å². The highest BCUT2D eigenvalue weighted by Gasteiger charge is 2.04. The molecule has 0 fully saturated rings. The maximum Gasteiger partial charge on any atom is 0.140 e. The van der Waals surface area contributed by atoms with Crippen LogP contribution in [0.4, 0.5) is 0 Å². The van der Waals surface area contributed by atoms with E-state index < -0.39 is 0 Å². The van der Waals surface area contributed by atoms with Crippen LogP contribution in [0.3, 0.4) is 0 Å². The van der Waals surface area contributed by atoms with Crippen molar-refractivity contribution in [2.45, 2.75) is 46.9 Å². The van der Waals surface area contributed by atoms with Crippen molar-refractivity contribution >= 4 is 11.3 Å². The van der Waals surface area contributed by atoms with Gasteiger partial charge in [0, 0.05) is 18.0 Å². The van der Waals surface area contributed by atoms with Gasteiger partial charge in [0.1, 0.15) is 17.4 Å². The Balaban J connectivity index is 1.90. The minimum Gasteiger partial charge on any atom is -0.486 e. The molecule has 0 bridgehead atoms. The molecule has 0 amide bonds. The summed E-state index contributed by atoms with van der Waals surface area (Å²) in [7, 11) is 0. The van der Waals surface area contributed by atoms with E-state index in [1.807, 2.05) is 0 Å². The topological polar surface area (TPSA) is 34.1 Å². The Hall–Kier alpha value is -1.39. The highest BCUT2D eigenvalue weighted by atomic mass is 32.1. The van der Waals surface area contributed by atoms with Gasteiger partial charge in [-0.15, -0.1) is 11.3 Å². The zero-order valence-corrected chi connectivity index (χ0v) is 13.4. The molecule has 0 atom stereocenters. The van der Waals surface area contributed by atoms with E-state index >= 15 is 0 Å². The van der Waals surface area contributed by atoms with Crippen molar-refractivity contribution in [2.75, 3.05) is 0 Å². The van der Waals surface area contributed by atoms with E-state index in [0.717, 1.165) is 23.0 Å². The van der Waals surface area contributed by atoms with Crippen LogP contribution >= 0.6 is 11.3 Å². The van der Waals surface area contributed by atoms with Crippen molar-refractivity contribution in [1.29, 1.82) is 0 Å². The SMILES string of the molecule is Cc1cc(C)cc(OCc2nc(CNC(C)C)cs2)c1. The quantitative estimate of drug-likeness (QED) is 0.877. The Morgan fingerprint density at radius 2 is 1.90 bits per heavy atom. The summed E-state index contributed by atoms with van der Waals surface area (Å²) < 4.78 is 5.82.